The Bertz CT molecular complexity index is 406. The number of ether oxygens (including phenoxy) is 1. The average Bonchev–Trinajstić information content (AvgIpc) is 2.24. The zero-order valence-corrected chi connectivity index (χ0v) is 11.1. The van der Waals surface area contributed by atoms with Crippen LogP contribution in [0.25, 0.3) is 0 Å². The lowest BCUT2D eigenvalue weighted by molar-refractivity contribution is -0.122. The standard InChI is InChI=1S/C12H12BrClO2/c13-8-4-5-11(14)12(6-8)16-10-3-1-2-9(15)7-10/h4-6,10H,1-3,7H2. The van der Waals surface area contributed by atoms with Gasteiger partial charge in [0, 0.05) is 17.3 Å². The van der Waals surface area contributed by atoms with Crippen molar-refractivity contribution < 1.29 is 9.53 Å². The van der Waals surface area contributed by atoms with Crippen LogP contribution in [0, 0.1) is 0 Å². The number of carbonyl (C=O) groups is 1. The highest BCUT2D eigenvalue weighted by molar-refractivity contribution is 9.10. The van der Waals surface area contributed by atoms with Crippen molar-refractivity contribution in [2.45, 2.75) is 31.8 Å². The van der Waals surface area contributed by atoms with Crippen LogP contribution in [0.15, 0.2) is 22.7 Å². The third kappa shape index (κ3) is 2.98. The summed E-state index contributed by atoms with van der Waals surface area (Å²) in [5.41, 5.74) is 0. The molecule has 0 saturated heterocycles. The van der Waals surface area contributed by atoms with Crippen LogP contribution in [0.1, 0.15) is 25.7 Å². The van der Waals surface area contributed by atoms with Crippen molar-refractivity contribution in [2.75, 3.05) is 0 Å². The van der Waals surface area contributed by atoms with Gasteiger partial charge in [-0.15, -0.1) is 0 Å². The van der Waals surface area contributed by atoms with Gasteiger partial charge in [0.15, 0.2) is 0 Å². The fraction of sp³-hybridized carbons (Fsp3) is 0.417. The number of halogens is 2. The van der Waals surface area contributed by atoms with Crippen molar-refractivity contribution in [3.8, 4) is 5.75 Å². The molecular weight excluding hydrogens is 291 g/mol. The van der Waals surface area contributed by atoms with Crippen LogP contribution in [-0.2, 0) is 4.79 Å². The normalized spacial score (nSPS) is 20.9. The molecule has 0 bridgehead atoms. The Morgan fingerprint density at radius 3 is 3.00 bits per heavy atom. The van der Waals surface area contributed by atoms with E-state index in [0.29, 0.717) is 23.6 Å². The van der Waals surface area contributed by atoms with Gasteiger partial charge in [-0.2, -0.15) is 0 Å². The molecule has 86 valence electrons. The van der Waals surface area contributed by atoms with Crippen LogP contribution in [0.2, 0.25) is 5.02 Å². The first-order chi connectivity index (χ1) is 7.65. The number of benzene rings is 1. The van der Waals surface area contributed by atoms with Gasteiger partial charge in [0.25, 0.3) is 0 Å². The Morgan fingerprint density at radius 2 is 2.25 bits per heavy atom. The van der Waals surface area contributed by atoms with Crippen molar-refractivity contribution in [1.29, 1.82) is 0 Å². The second-order valence-corrected chi connectivity index (χ2v) is 5.27. The van der Waals surface area contributed by atoms with E-state index >= 15 is 0 Å². The first-order valence-corrected chi connectivity index (χ1v) is 6.45. The highest BCUT2D eigenvalue weighted by Crippen LogP contribution is 2.30. The van der Waals surface area contributed by atoms with Gasteiger partial charge >= 0.3 is 0 Å². The zero-order chi connectivity index (χ0) is 11.5. The lowest BCUT2D eigenvalue weighted by Gasteiger charge is -2.22. The molecule has 2 rings (SSSR count). The summed E-state index contributed by atoms with van der Waals surface area (Å²) in [6.07, 6.45) is 3.01. The van der Waals surface area contributed by atoms with Crippen molar-refractivity contribution in [1.82, 2.24) is 0 Å². The predicted molar refractivity (Wildman–Crippen MR) is 67.0 cm³/mol. The maximum atomic E-state index is 11.3. The quantitative estimate of drug-likeness (QED) is 0.825. The molecule has 0 N–H and O–H groups in total. The Labute approximate surface area is 108 Å². The molecule has 1 fully saturated rings. The maximum Gasteiger partial charge on any atom is 0.139 e. The summed E-state index contributed by atoms with van der Waals surface area (Å²) >= 11 is 9.39. The minimum atomic E-state index is -0.0203. The summed E-state index contributed by atoms with van der Waals surface area (Å²) in [7, 11) is 0. The van der Waals surface area contributed by atoms with E-state index < -0.39 is 0 Å². The maximum absolute atomic E-state index is 11.3. The monoisotopic (exact) mass is 302 g/mol. The van der Waals surface area contributed by atoms with Gasteiger partial charge in [-0.25, -0.2) is 0 Å². The molecule has 0 spiro atoms. The van der Waals surface area contributed by atoms with Crippen LogP contribution >= 0.6 is 27.5 Å². The molecule has 0 aromatic heterocycles. The van der Waals surface area contributed by atoms with E-state index in [1.165, 1.54) is 0 Å². The molecule has 4 heteroatoms. The van der Waals surface area contributed by atoms with Gasteiger partial charge in [-0.05, 0) is 31.0 Å². The zero-order valence-electron chi connectivity index (χ0n) is 8.71. The van der Waals surface area contributed by atoms with Crippen molar-refractivity contribution in [3.63, 3.8) is 0 Å². The van der Waals surface area contributed by atoms with E-state index in [1.807, 2.05) is 12.1 Å². The second kappa shape index (κ2) is 5.19. The third-order valence-electron chi connectivity index (χ3n) is 2.62. The summed E-state index contributed by atoms with van der Waals surface area (Å²) in [6, 6.07) is 5.48. The average molecular weight is 304 g/mol. The summed E-state index contributed by atoms with van der Waals surface area (Å²) in [6.45, 7) is 0. The van der Waals surface area contributed by atoms with Gasteiger partial charge < -0.3 is 4.74 Å². The lowest BCUT2D eigenvalue weighted by atomic mass is 9.96. The smallest absolute Gasteiger partial charge is 0.139 e. The molecule has 0 heterocycles. The SMILES string of the molecule is O=C1CCCC(Oc2cc(Br)ccc2Cl)C1. The summed E-state index contributed by atoms with van der Waals surface area (Å²) in [4.78, 5) is 11.3. The molecule has 16 heavy (non-hydrogen) atoms. The summed E-state index contributed by atoms with van der Waals surface area (Å²) in [5.74, 6) is 0.929. The highest BCUT2D eigenvalue weighted by atomic mass is 79.9. The van der Waals surface area contributed by atoms with E-state index in [9.17, 15) is 4.79 Å². The topological polar surface area (TPSA) is 26.3 Å². The molecule has 0 radical (unpaired) electrons. The van der Waals surface area contributed by atoms with Crippen molar-refractivity contribution in [3.05, 3.63) is 27.7 Å². The van der Waals surface area contributed by atoms with Gasteiger partial charge in [0.05, 0.1) is 5.02 Å². The minimum absolute atomic E-state index is 0.0203. The van der Waals surface area contributed by atoms with Crippen LogP contribution < -0.4 is 4.74 Å². The van der Waals surface area contributed by atoms with Gasteiger partial charge in [-0.3, -0.25) is 4.79 Å². The van der Waals surface area contributed by atoms with Gasteiger partial charge in [-0.1, -0.05) is 27.5 Å². The largest absolute Gasteiger partial charge is 0.488 e. The van der Waals surface area contributed by atoms with E-state index in [0.717, 1.165) is 17.3 Å². The summed E-state index contributed by atoms with van der Waals surface area (Å²) < 4.78 is 6.68. The summed E-state index contributed by atoms with van der Waals surface area (Å²) in [5, 5.41) is 0.584. The fourth-order valence-corrected chi connectivity index (χ4v) is 2.33. The fourth-order valence-electron chi connectivity index (χ4n) is 1.83. The second-order valence-electron chi connectivity index (χ2n) is 3.95. The molecule has 0 amide bonds. The predicted octanol–water partition coefficient (Wildman–Crippen LogP) is 3.99. The van der Waals surface area contributed by atoms with E-state index in [-0.39, 0.29) is 11.9 Å². The van der Waals surface area contributed by atoms with E-state index in [4.69, 9.17) is 16.3 Å². The molecule has 1 aliphatic carbocycles. The molecule has 1 atom stereocenters. The Hall–Kier alpha value is -0.540. The van der Waals surface area contributed by atoms with E-state index in [2.05, 4.69) is 15.9 Å². The molecule has 1 aromatic rings. The molecule has 0 aliphatic heterocycles. The number of Topliss-reactive ketones (excluding diaryl/α,β-unsaturated/α-hetero) is 1. The molecule has 1 aliphatic rings. The first-order valence-electron chi connectivity index (χ1n) is 5.28. The molecule has 1 saturated carbocycles. The van der Waals surface area contributed by atoms with Crippen LogP contribution in [-0.4, -0.2) is 11.9 Å². The number of rotatable bonds is 2. The van der Waals surface area contributed by atoms with Crippen LogP contribution in [0.5, 0.6) is 5.75 Å². The van der Waals surface area contributed by atoms with Gasteiger partial charge in [0.1, 0.15) is 17.6 Å². The van der Waals surface area contributed by atoms with E-state index in [1.54, 1.807) is 6.07 Å². The number of ketones is 1. The Morgan fingerprint density at radius 1 is 1.44 bits per heavy atom. The number of hydrogen-bond acceptors (Lipinski definition) is 2. The van der Waals surface area contributed by atoms with Gasteiger partial charge in [0.2, 0.25) is 0 Å². The molecule has 1 aromatic carbocycles. The minimum Gasteiger partial charge on any atom is -0.488 e. The lowest BCUT2D eigenvalue weighted by Crippen LogP contribution is -2.25. The van der Waals surface area contributed by atoms with Crippen molar-refractivity contribution >= 4 is 33.3 Å². The Balaban J connectivity index is 2.08. The van der Waals surface area contributed by atoms with Crippen LogP contribution in [0.4, 0.5) is 0 Å². The number of hydrogen-bond donors (Lipinski definition) is 0. The Kier molecular flexibility index (Phi) is 3.87. The first kappa shape index (κ1) is 11.9. The molecule has 1 unspecified atom stereocenters. The molecule has 2 nitrogen and oxygen atoms in total. The third-order valence-corrected chi connectivity index (χ3v) is 3.43. The molecular formula is C12H12BrClO2. The highest BCUT2D eigenvalue weighted by Gasteiger charge is 2.21. The number of carbonyl (C=O) groups excluding carboxylic acids is 1. The van der Waals surface area contributed by atoms with Crippen molar-refractivity contribution in [2.24, 2.45) is 0 Å². The van der Waals surface area contributed by atoms with Crippen LogP contribution in [0.3, 0.4) is 0 Å².